The normalized spacial score (nSPS) is 11.6. The fourth-order valence-electron chi connectivity index (χ4n) is 6.03. The van der Waals surface area contributed by atoms with Crippen LogP contribution in [0.2, 0.25) is 0 Å². The van der Waals surface area contributed by atoms with Gasteiger partial charge in [0.2, 0.25) is 0 Å². The molecule has 0 radical (unpaired) electrons. The highest BCUT2D eigenvalue weighted by Gasteiger charge is 2.29. The Labute approximate surface area is 300 Å². The molecule has 4 aromatic heterocycles. The molecular weight excluding hydrogens is 816 g/mol. The maximum absolute atomic E-state index is 14.1. The van der Waals surface area contributed by atoms with Crippen molar-refractivity contribution >= 4 is 139 Å². The fraction of sp³-hybridized carbons (Fsp3) is 0.0588. The Morgan fingerprint density at radius 1 is 0.521 bits per heavy atom. The molecule has 4 aromatic carbocycles. The van der Waals surface area contributed by atoms with Gasteiger partial charge >= 0.3 is 0 Å². The number of fused-ring (bicyclic) bond motifs is 6. The molecule has 0 amide bonds. The van der Waals surface area contributed by atoms with Gasteiger partial charge in [0.25, 0.3) is 22.2 Å². The number of hydrogen-bond donors (Lipinski definition) is 0. The Morgan fingerprint density at radius 3 is 1.04 bits per heavy atom. The number of aromatic nitrogens is 2. The first-order valence-electron chi connectivity index (χ1n) is 14.0. The molecule has 0 atom stereocenters. The van der Waals surface area contributed by atoms with Crippen molar-refractivity contribution in [3.63, 3.8) is 0 Å². The van der Waals surface area contributed by atoms with E-state index in [-0.39, 0.29) is 32.3 Å². The van der Waals surface area contributed by atoms with Crippen LogP contribution in [0.5, 0.6) is 0 Å². The van der Waals surface area contributed by atoms with E-state index >= 15 is 0 Å². The molecule has 0 aliphatic rings. The standard InChI is InChI=1S/C34H14Br2N4O4S4/c1-39-29(41)21-19-20-23(27-25(21)45-33(47-27)17(11-37)13-3-7-15(35)8-4-13)31(43)40(2)32(44)24(20)28-26(22(19)30(39)42)46-34(48-28)18(12-38)14-5-9-16(36)10-6-14/h3-10H,1-2H3. The third-order valence-corrected chi connectivity index (χ3v) is 14.6. The molecule has 0 N–H and O–H groups in total. The summed E-state index contributed by atoms with van der Waals surface area (Å²) in [6, 6.07) is 19.1. The third-order valence-electron chi connectivity index (χ3n) is 8.32. The van der Waals surface area contributed by atoms with Crippen LogP contribution in [-0.4, -0.2) is 9.13 Å². The highest BCUT2D eigenvalue weighted by Crippen LogP contribution is 2.44. The molecule has 0 saturated carbocycles. The van der Waals surface area contributed by atoms with E-state index in [4.69, 9.17) is 0 Å². The second-order valence-electron chi connectivity index (χ2n) is 10.9. The number of benzene rings is 4. The summed E-state index contributed by atoms with van der Waals surface area (Å²) in [7, 11) is 2.82. The monoisotopic (exact) mass is 828 g/mol. The van der Waals surface area contributed by atoms with Crippen LogP contribution in [0.25, 0.3) is 62.3 Å². The number of nitrogens with zero attached hydrogens (tertiary/aromatic N) is 4. The molecule has 0 fully saturated rings. The summed E-state index contributed by atoms with van der Waals surface area (Å²) >= 11 is 11.7. The van der Waals surface area contributed by atoms with E-state index < -0.39 is 22.2 Å². The summed E-state index contributed by atoms with van der Waals surface area (Å²) in [6.07, 6.45) is 0. The summed E-state index contributed by atoms with van der Waals surface area (Å²) in [4.78, 5) is 56.2. The van der Waals surface area contributed by atoms with Gasteiger partial charge in [-0.2, -0.15) is 10.5 Å². The number of nitriles is 2. The van der Waals surface area contributed by atoms with Gasteiger partial charge in [-0.1, -0.05) is 56.1 Å². The molecule has 0 saturated heterocycles. The van der Waals surface area contributed by atoms with Crippen LogP contribution in [0.15, 0.2) is 76.7 Å². The van der Waals surface area contributed by atoms with Crippen LogP contribution in [0, 0.1) is 22.7 Å². The first kappa shape index (κ1) is 31.0. The maximum Gasteiger partial charge on any atom is 0.262 e. The molecule has 0 aliphatic carbocycles. The predicted molar refractivity (Wildman–Crippen MR) is 203 cm³/mol. The number of pyridine rings is 2. The molecule has 8 aromatic rings. The number of hydrogen-bond acceptors (Lipinski definition) is 10. The molecule has 0 aliphatic heterocycles. The van der Waals surface area contributed by atoms with Gasteiger partial charge in [-0.3, -0.25) is 28.3 Å². The molecule has 0 unspecified atom stereocenters. The van der Waals surface area contributed by atoms with E-state index in [1.165, 1.54) is 59.4 Å². The van der Waals surface area contributed by atoms with Crippen molar-refractivity contribution in [2.45, 2.75) is 0 Å². The zero-order valence-electron chi connectivity index (χ0n) is 24.4. The lowest BCUT2D eigenvalue weighted by Gasteiger charge is -2.13. The maximum atomic E-state index is 14.1. The Balaban J connectivity index is 1.69. The molecule has 8 nitrogen and oxygen atoms in total. The average molecular weight is 831 g/mol. The molecule has 8 rings (SSSR count). The van der Waals surface area contributed by atoms with E-state index in [2.05, 4.69) is 44.0 Å². The van der Waals surface area contributed by atoms with Gasteiger partial charge in [-0.15, -0.1) is 45.3 Å². The van der Waals surface area contributed by atoms with Crippen LogP contribution in [0.3, 0.4) is 0 Å². The molecule has 4 heterocycles. The summed E-state index contributed by atoms with van der Waals surface area (Å²) in [5.74, 6) is 0. The van der Waals surface area contributed by atoms with E-state index in [1.807, 2.05) is 48.5 Å². The average Bonchev–Trinajstić information content (AvgIpc) is 3.71. The van der Waals surface area contributed by atoms with Crippen molar-refractivity contribution in [2.75, 3.05) is 0 Å². The minimum Gasteiger partial charge on any atom is -0.277 e. The second-order valence-corrected chi connectivity index (χ2v) is 17.3. The Kier molecular flexibility index (Phi) is 7.19. The van der Waals surface area contributed by atoms with Crippen LogP contribution in [0.4, 0.5) is 0 Å². The van der Waals surface area contributed by atoms with E-state index in [1.54, 1.807) is 0 Å². The van der Waals surface area contributed by atoms with Crippen molar-refractivity contribution in [3.8, 4) is 12.1 Å². The molecule has 0 spiro atoms. The molecule has 232 valence electrons. The van der Waals surface area contributed by atoms with E-state index in [9.17, 15) is 29.7 Å². The Hall–Kier alpha value is -4.28. The van der Waals surface area contributed by atoms with Crippen LogP contribution in [0.1, 0.15) is 11.1 Å². The fourth-order valence-corrected chi connectivity index (χ4v) is 12.1. The smallest absolute Gasteiger partial charge is 0.262 e. The summed E-state index contributed by atoms with van der Waals surface area (Å²) in [5.41, 5.74) is -0.160. The summed E-state index contributed by atoms with van der Waals surface area (Å²) in [5, 5.41) is 21.9. The lowest BCUT2D eigenvalue weighted by Crippen LogP contribution is -2.33. The lowest BCUT2D eigenvalue weighted by atomic mass is 9.96. The number of rotatable bonds is 2. The van der Waals surface area contributed by atoms with Crippen LogP contribution in [-0.2, 0) is 14.1 Å². The highest BCUT2D eigenvalue weighted by atomic mass is 79.9. The van der Waals surface area contributed by atoms with Crippen molar-refractivity contribution in [1.82, 2.24) is 9.13 Å². The quantitative estimate of drug-likeness (QED) is 0.191. The zero-order valence-corrected chi connectivity index (χ0v) is 30.9. The summed E-state index contributed by atoms with van der Waals surface area (Å²) in [6.45, 7) is 0. The molecule has 48 heavy (non-hydrogen) atoms. The van der Waals surface area contributed by atoms with Gasteiger partial charge in [-0.05, 0) is 35.4 Å². The van der Waals surface area contributed by atoms with Gasteiger partial charge in [0.15, 0.2) is 0 Å². The first-order valence-corrected chi connectivity index (χ1v) is 18.8. The van der Waals surface area contributed by atoms with Crippen LogP contribution >= 0.6 is 77.2 Å². The van der Waals surface area contributed by atoms with Gasteiger partial charge in [0.1, 0.15) is 12.1 Å². The zero-order chi connectivity index (χ0) is 33.8. The van der Waals surface area contributed by atoms with Crippen molar-refractivity contribution in [2.24, 2.45) is 14.1 Å². The third kappa shape index (κ3) is 4.24. The molecule has 14 heteroatoms. The number of halogens is 2. The van der Waals surface area contributed by atoms with Crippen LogP contribution < -0.4 is 29.9 Å². The molecular formula is C34H14Br2N4O4S4. The lowest BCUT2D eigenvalue weighted by molar-refractivity contribution is 0.840. The SMILES string of the molecule is Cn1c(=O)c2c3sc(=C(C#N)c4ccc(Br)cc4)sc3c3c(=O)n(C)c(=O)c4c5sc(=C(C#N)c6ccc(Br)cc6)sc5c(c1=O)c2c34. The van der Waals surface area contributed by atoms with Gasteiger partial charge in [-0.25, -0.2) is 0 Å². The van der Waals surface area contributed by atoms with Crippen molar-refractivity contribution in [3.05, 3.63) is 118 Å². The highest BCUT2D eigenvalue weighted by molar-refractivity contribution is 9.10. The van der Waals surface area contributed by atoms with E-state index in [0.717, 1.165) is 18.1 Å². The van der Waals surface area contributed by atoms with Gasteiger partial charge < -0.3 is 0 Å². The van der Waals surface area contributed by atoms with Gasteiger partial charge in [0, 0.05) is 33.8 Å². The van der Waals surface area contributed by atoms with Crippen molar-refractivity contribution < 1.29 is 0 Å². The molecule has 0 bridgehead atoms. The summed E-state index contributed by atoms with van der Waals surface area (Å²) < 4.78 is 6.83. The minimum atomic E-state index is -0.560. The van der Waals surface area contributed by atoms with Crippen molar-refractivity contribution in [1.29, 1.82) is 10.5 Å². The Morgan fingerprint density at radius 2 is 0.792 bits per heavy atom. The minimum absolute atomic E-state index is 0.215. The largest absolute Gasteiger partial charge is 0.277 e. The topological polar surface area (TPSA) is 126 Å². The predicted octanol–water partition coefficient (Wildman–Crippen LogP) is 6.22. The van der Waals surface area contributed by atoms with Gasteiger partial charge in [0.05, 0.1) is 59.2 Å². The second kappa shape index (κ2) is 11.1. The first-order chi connectivity index (χ1) is 23.0. The van der Waals surface area contributed by atoms with E-state index in [0.29, 0.717) is 48.8 Å². The Bertz CT molecular complexity index is 2850.